The number of fused-ring (bicyclic) bond motifs is 3. The number of aliphatic carboxylic acids is 1. The Morgan fingerprint density at radius 1 is 1.17 bits per heavy atom. The van der Waals surface area contributed by atoms with Crippen LogP contribution in [0.2, 0.25) is 5.02 Å². The summed E-state index contributed by atoms with van der Waals surface area (Å²) < 4.78 is 7.53. The zero-order valence-corrected chi connectivity index (χ0v) is 24.3. The number of amides is 2. The molecule has 3 aromatic rings. The van der Waals surface area contributed by atoms with Gasteiger partial charge in [0.05, 0.1) is 34.9 Å². The summed E-state index contributed by atoms with van der Waals surface area (Å²) in [6, 6.07) is 13.4. The Kier molecular flexibility index (Phi) is 6.73. The Balaban J connectivity index is 1.25. The van der Waals surface area contributed by atoms with E-state index in [0.29, 0.717) is 42.8 Å². The average molecular weight is 588 g/mol. The molecular formula is C31H30ClN5O5. The van der Waals surface area contributed by atoms with Crippen LogP contribution in [0.4, 0.5) is 0 Å². The Morgan fingerprint density at radius 2 is 1.88 bits per heavy atom. The SMILES string of the molecule is CC(c1ccc(OC2(C(=O)O)CC2)cc1)N1C[C@@H](C)n2nc3c(c2C1=O)CN(C(=O)c1ccc(Cl)c(C#N)c1)[C@H](C)C3. The van der Waals surface area contributed by atoms with E-state index in [-0.39, 0.29) is 47.1 Å². The highest BCUT2D eigenvalue weighted by Crippen LogP contribution is 2.41. The zero-order chi connectivity index (χ0) is 29.9. The minimum absolute atomic E-state index is 0.0763. The Hall–Kier alpha value is -4.36. The molecule has 6 rings (SSSR count). The van der Waals surface area contributed by atoms with Crippen LogP contribution in [0.1, 0.15) is 88.9 Å². The minimum atomic E-state index is -1.12. The number of carbonyl (C=O) groups excluding carboxylic acids is 2. The number of aromatic nitrogens is 2. The smallest absolute Gasteiger partial charge is 0.348 e. The third-order valence-corrected chi connectivity index (χ3v) is 8.94. The number of rotatable bonds is 6. The Labute approximate surface area is 248 Å². The first-order chi connectivity index (χ1) is 20.0. The maximum absolute atomic E-state index is 14.0. The van der Waals surface area contributed by atoms with Gasteiger partial charge in [-0.25, -0.2) is 4.79 Å². The van der Waals surface area contributed by atoms with Crippen LogP contribution >= 0.6 is 11.6 Å². The van der Waals surface area contributed by atoms with E-state index in [1.54, 1.807) is 33.8 Å². The number of carboxylic acid groups (broad SMARTS) is 1. The van der Waals surface area contributed by atoms with Crippen LogP contribution < -0.4 is 4.74 Å². The van der Waals surface area contributed by atoms with E-state index in [2.05, 4.69) is 0 Å². The highest BCUT2D eigenvalue weighted by atomic mass is 35.5. The lowest BCUT2D eigenvalue weighted by molar-refractivity contribution is -0.147. The highest BCUT2D eigenvalue weighted by molar-refractivity contribution is 6.31. The highest BCUT2D eigenvalue weighted by Gasteiger charge is 2.53. The zero-order valence-electron chi connectivity index (χ0n) is 23.5. The monoisotopic (exact) mass is 587 g/mol. The summed E-state index contributed by atoms with van der Waals surface area (Å²) in [6.07, 6.45) is 1.48. The van der Waals surface area contributed by atoms with Gasteiger partial charge in [0, 0.05) is 43.0 Å². The summed E-state index contributed by atoms with van der Waals surface area (Å²) in [5, 5.41) is 23.9. The van der Waals surface area contributed by atoms with Crippen LogP contribution in [0.15, 0.2) is 42.5 Å². The van der Waals surface area contributed by atoms with Crippen LogP contribution in [-0.4, -0.2) is 60.7 Å². The molecule has 2 aromatic carbocycles. The summed E-state index contributed by atoms with van der Waals surface area (Å²) >= 11 is 6.08. The number of ether oxygens (including phenoxy) is 1. The van der Waals surface area contributed by atoms with Crippen molar-refractivity contribution in [3.8, 4) is 11.8 Å². The molecule has 1 aromatic heterocycles. The second-order valence-corrected chi connectivity index (χ2v) is 11.9. The molecule has 0 bridgehead atoms. The molecule has 2 aliphatic heterocycles. The largest absolute Gasteiger partial charge is 0.478 e. The molecule has 3 atom stereocenters. The normalized spacial score (nSPS) is 21.2. The van der Waals surface area contributed by atoms with Gasteiger partial charge >= 0.3 is 5.97 Å². The minimum Gasteiger partial charge on any atom is -0.478 e. The van der Waals surface area contributed by atoms with Crippen molar-refractivity contribution in [1.82, 2.24) is 19.6 Å². The van der Waals surface area contributed by atoms with Crippen molar-refractivity contribution in [3.63, 3.8) is 0 Å². The number of nitrogens with zero attached hydrogens (tertiary/aromatic N) is 5. The van der Waals surface area contributed by atoms with Crippen molar-refractivity contribution in [3.05, 3.63) is 81.1 Å². The molecule has 10 nitrogen and oxygen atoms in total. The van der Waals surface area contributed by atoms with Gasteiger partial charge in [-0.3, -0.25) is 14.3 Å². The number of nitriles is 1. The number of hydrogen-bond acceptors (Lipinski definition) is 6. The van der Waals surface area contributed by atoms with E-state index in [9.17, 15) is 24.8 Å². The predicted molar refractivity (Wildman–Crippen MR) is 152 cm³/mol. The van der Waals surface area contributed by atoms with Crippen molar-refractivity contribution >= 4 is 29.4 Å². The average Bonchev–Trinajstić information content (AvgIpc) is 3.66. The molecule has 1 saturated carbocycles. The van der Waals surface area contributed by atoms with E-state index < -0.39 is 11.6 Å². The molecule has 0 radical (unpaired) electrons. The topological polar surface area (TPSA) is 129 Å². The first-order valence-electron chi connectivity index (χ1n) is 14.0. The molecule has 2 amide bonds. The maximum Gasteiger partial charge on any atom is 0.348 e. The van der Waals surface area contributed by atoms with Gasteiger partial charge in [-0.2, -0.15) is 10.4 Å². The standard InChI is InChI=1S/C31H30ClN5O5/c1-17-12-26-24(16-35(17)28(38)21-6-9-25(32)22(13-21)14-33)27-29(39)36(15-18(2)37(27)34-26)19(3)20-4-7-23(8-5-20)42-31(10-11-31)30(40)41/h4-9,13,17-19H,10-12,15-16H2,1-3H3,(H,40,41)/t17-,18-,19?/m1/s1. The number of carbonyl (C=O) groups is 3. The van der Waals surface area contributed by atoms with E-state index in [1.807, 2.05) is 43.9 Å². The summed E-state index contributed by atoms with van der Waals surface area (Å²) in [7, 11) is 0. The summed E-state index contributed by atoms with van der Waals surface area (Å²) in [5.41, 5.74) is 2.43. The molecule has 1 aliphatic carbocycles. The molecule has 3 aliphatic rings. The Morgan fingerprint density at radius 3 is 2.52 bits per heavy atom. The lowest BCUT2D eigenvalue weighted by Crippen LogP contribution is -2.45. The summed E-state index contributed by atoms with van der Waals surface area (Å²) in [6.45, 7) is 6.63. The molecule has 1 N–H and O–H groups in total. The molecule has 1 unspecified atom stereocenters. The van der Waals surface area contributed by atoms with Crippen LogP contribution in [0.3, 0.4) is 0 Å². The van der Waals surface area contributed by atoms with Crippen LogP contribution in [0.25, 0.3) is 0 Å². The fraction of sp³-hybridized carbons (Fsp3) is 0.387. The van der Waals surface area contributed by atoms with Crippen molar-refractivity contribution in [1.29, 1.82) is 5.26 Å². The Bertz CT molecular complexity index is 1650. The molecule has 42 heavy (non-hydrogen) atoms. The first kappa shape index (κ1) is 27.8. The molecule has 216 valence electrons. The van der Waals surface area contributed by atoms with Gasteiger partial charge in [-0.05, 0) is 56.7 Å². The van der Waals surface area contributed by atoms with Crippen molar-refractivity contribution in [2.45, 2.75) is 70.3 Å². The molecule has 3 heterocycles. The van der Waals surface area contributed by atoms with Gasteiger partial charge in [0.25, 0.3) is 11.8 Å². The fourth-order valence-electron chi connectivity index (χ4n) is 5.90. The third-order valence-electron chi connectivity index (χ3n) is 8.61. The molecule has 11 heteroatoms. The van der Waals surface area contributed by atoms with Gasteiger partial charge in [-0.1, -0.05) is 23.7 Å². The molecule has 0 spiro atoms. The maximum atomic E-state index is 14.0. The first-order valence-corrected chi connectivity index (χ1v) is 14.3. The van der Waals surface area contributed by atoms with Crippen LogP contribution in [0, 0.1) is 11.3 Å². The molecular weight excluding hydrogens is 558 g/mol. The van der Waals surface area contributed by atoms with Gasteiger partial charge in [0.15, 0.2) is 0 Å². The summed E-state index contributed by atoms with van der Waals surface area (Å²) in [4.78, 5) is 42.6. The fourth-order valence-corrected chi connectivity index (χ4v) is 6.06. The van der Waals surface area contributed by atoms with Gasteiger partial charge in [-0.15, -0.1) is 0 Å². The van der Waals surface area contributed by atoms with Gasteiger partial charge < -0.3 is 19.6 Å². The quantitative estimate of drug-likeness (QED) is 0.440. The van der Waals surface area contributed by atoms with Crippen molar-refractivity contribution in [2.75, 3.05) is 6.54 Å². The van der Waals surface area contributed by atoms with E-state index >= 15 is 0 Å². The third kappa shape index (κ3) is 4.58. The predicted octanol–water partition coefficient (Wildman–Crippen LogP) is 4.77. The number of benzene rings is 2. The van der Waals surface area contributed by atoms with Gasteiger partial charge in [0.1, 0.15) is 17.5 Å². The van der Waals surface area contributed by atoms with Crippen molar-refractivity contribution < 1.29 is 24.2 Å². The molecule has 1 fully saturated rings. The second kappa shape index (κ2) is 10.2. The van der Waals surface area contributed by atoms with Crippen LogP contribution in [0.5, 0.6) is 5.75 Å². The lowest BCUT2D eigenvalue weighted by atomic mass is 9.96. The van der Waals surface area contributed by atoms with E-state index in [4.69, 9.17) is 21.4 Å². The van der Waals surface area contributed by atoms with E-state index in [0.717, 1.165) is 16.8 Å². The van der Waals surface area contributed by atoms with E-state index in [1.165, 1.54) is 6.07 Å². The number of halogens is 1. The lowest BCUT2D eigenvalue weighted by Gasteiger charge is -2.37. The van der Waals surface area contributed by atoms with Crippen molar-refractivity contribution in [2.24, 2.45) is 0 Å². The van der Waals surface area contributed by atoms with Crippen LogP contribution in [-0.2, 0) is 17.8 Å². The second-order valence-electron chi connectivity index (χ2n) is 11.5. The number of carboxylic acids is 1. The molecule has 0 saturated heterocycles. The summed E-state index contributed by atoms with van der Waals surface area (Å²) in [5.74, 6) is -0.862. The number of hydrogen-bond donors (Lipinski definition) is 1. The van der Waals surface area contributed by atoms with Gasteiger partial charge in [0.2, 0.25) is 5.60 Å².